The van der Waals surface area contributed by atoms with Crippen molar-refractivity contribution in [2.75, 3.05) is 0 Å². The SMILES string of the molecule is Clc1cccc(CSc2nnc(-c3ccc(OCc4ccccc4Cl)cc3)o2)c1. The Kier molecular flexibility index (Phi) is 6.39. The third-order valence-corrected chi connectivity index (χ3v) is 5.60. The molecule has 0 atom stereocenters. The monoisotopic (exact) mass is 442 g/mol. The maximum absolute atomic E-state index is 6.15. The Labute approximate surface area is 182 Å². The van der Waals surface area contributed by atoms with Gasteiger partial charge in [-0.1, -0.05) is 65.3 Å². The first-order chi connectivity index (χ1) is 14.2. The Morgan fingerprint density at radius 2 is 1.72 bits per heavy atom. The lowest BCUT2D eigenvalue weighted by Crippen LogP contribution is -1.95. The quantitative estimate of drug-likeness (QED) is 0.290. The third kappa shape index (κ3) is 5.32. The normalized spacial score (nSPS) is 10.8. The van der Waals surface area contributed by atoms with E-state index in [4.69, 9.17) is 32.4 Å². The van der Waals surface area contributed by atoms with Gasteiger partial charge >= 0.3 is 0 Å². The van der Waals surface area contributed by atoms with Crippen LogP contribution in [-0.4, -0.2) is 10.2 Å². The van der Waals surface area contributed by atoms with Crippen LogP contribution in [0.4, 0.5) is 0 Å². The van der Waals surface area contributed by atoms with Crippen molar-refractivity contribution in [2.24, 2.45) is 0 Å². The van der Waals surface area contributed by atoms with E-state index in [0.29, 0.717) is 33.5 Å². The molecule has 0 N–H and O–H groups in total. The van der Waals surface area contributed by atoms with Crippen molar-refractivity contribution in [3.05, 3.63) is 94.0 Å². The van der Waals surface area contributed by atoms with Crippen LogP contribution in [0.2, 0.25) is 10.0 Å². The van der Waals surface area contributed by atoms with Crippen LogP contribution in [0.15, 0.2) is 82.4 Å². The Balaban J connectivity index is 1.36. The number of aromatic nitrogens is 2. The fourth-order valence-corrected chi connectivity index (χ4v) is 3.74. The van der Waals surface area contributed by atoms with E-state index in [0.717, 1.165) is 22.4 Å². The molecule has 7 heteroatoms. The van der Waals surface area contributed by atoms with Crippen molar-refractivity contribution >= 4 is 35.0 Å². The smallest absolute Gasteiger partial charge is 0.277 e. The first-order valence-corrected chi connectivity index (χ1v) is 10.6. The second-order valence-corrected chi connectivity index (χ2v) is 7.97. The van der Waals surface area contributed by atoms with Crippen LogP contribution in [0.1, 0.15) is 11.1 Å². The first-order valence-electron chi connectivity index (χ1n) is 8.85. The number of thioether (sulfide) groups is 1. The zero-order valence-electron chi connectivity index (χ0n) is 15.2. The van der Waals surface area contributed by atoms with Gasteiger partial charge in [-0.3, -0.25) is 0 Å². The highest BCUT2D eigenvalue weighted by Gasteiger charge is 2.10. The molecule has 0 radical (unpaired) electrons. The number of halogens is 2. The average Bonchev–Trinajstić information content (AvgIpc) is 3.21. The zero-order chi connectivity index (χ0) is 20.1. The van der Waals surface area contributed by atoms with Crippen LogP contribution in [0, 0.1) is 0 Å². The molecule has 0 fully saturated rings. The molecule has 0 aliphatic heterocycles. The van der Waals surface area contributed by atoms with Crippen LogP contribution < -0.4 is 4.74 Å². The summed E-state index contributed by atoms with van der Waals surface area (Å²) in [6.45, 7) is 0.407. The van der Waals surface area contributed by atoms with E-state index in [-0.39, 0.29) is 0 Å². The van der Waals surface area contributed by atoms with E-state index in [1.165, 1.54) is 11.8 Å². The average molecular weight is 443 g/mol. The van der Waals surface area contributed by atoms with Gasteiger partial charge in [0.05, 0.1) is 0 Å². The minimum absolute atomic E-state index is 0.407. The highest BCUT2D eigenvalue weighted by molar-refractivity contribution is 7.98. The molecule has 1 heterocycles. The fourth-order valence-electron chi connectivity index (χ4n) is 2.63. The van der Waals surface area contributed by atoms with Gasteiger partial charge in [0.1, 0.15) is 12.4 Å². The van der Waals surface area contributed by atoms with E-state index in [1.807, 2.05) is 72.8 Å². The molecule has 0 spiro atoms. The lowest BCUT2D eigenvalue weighted by molar-refractivity contribution is 0.306. The van der Waals surface area contributed by atoms with Crippen molar-refractivity contribution < 1.29 is 9.15 Å². The summed E-state index contributed by atoms with van der Waals surface area (Å²) in [5.74, 6) is 1.91. The predicted octanol–water partition coefficient (Wildman–Crippen LogP) is 6.91. The lowest BCUT2D eigenvalue weighted by Gasteiger charge is -2.07. The van der Waals surface area contributed by atoms with Crippen LogP contribution in [0.25, 0.3) is 11.5 Å². The molecule has 0 bridgehead atoms. The summed E-state index contributed by atoms with van der Waals surface area (Å²) in [5.41, 5.74) is 2.87. The summed E-state index contributed by atoms with van der Waals surface area (Å²) in [7, 11) is 0. The predicted molar refractivity (Wildman–Crippen MR) is 117 cm³/mol. The van der Waals surface area contributed by atoms with Crippen molar-refractivity contribution in [3.63, 3.8) is 0 Å². The number of rotatable bonds is 7. The Morgan fingerprint density at radius 1 is 0.897 bits per heavy atom. The molecule has 0 saturated heterocycles. The number of nitrogens with zero attached hydrogens (tertiary/aromatic N) is 2. The summed E-state index contributed by atoms with van der Waals surface area (Å²) < 4.78 is 11.6. The summed E-state index contributed by atoms with van der Waals surface area (Å²) in [6.07, 6.45) is 0. The molecule has 4 nitrogen and oxygen atoms in total. The molecule has 3 aromatic carbocycles. The third-order valence-electron chi connectivity index (χ3n) is 4.11. The maximum Gasteiger partial charge on any atom is 0.277 e. The molecule has 0 aliphatic rings. The molecular formula is C22H16Cl2N2O2S. The molecule has 0 amide bonds. The standard InChI is InChI=1S/C22H16Cl2N2O2S/c23-18-6-3-4-15(12-18)14-29-22-26-25-21(28-22)16-8-10-19(11-9-16)27-13-17-5-1-2-7-20(17)24/h1-12H,13-14H2. The minimum atomic E-state index is 0.407. The van der Waals surface area contributed by atoms with E-state index in [9.17, 15) is 0 Å². The molecule has 0 unspecified atom stereocenters. The van der Waals surface area contributed by atoms with E-state index in [1.54, 1.807) is 0 Å². The van der Waals surface area contributed by atoms with Gasteiger partial charge in [-0.05, 0) is 48.0 Å². The van der Waals surface area contributed by atoms with Crippen molar-refractivity contribution in [1.29, 1.82) is 0 Å². The Morgan fingerprint density at radius 3 is 2.52 bits per heavy atom. The van der Waals surface area contributed by atoms with Crippen molar-refractivity contribution in [3.8, 4) is 17.2 Å². The molecular weight excluding hydrogens is 427 g/mol. The Bertz CT molecular complexity index is 1100. The second-order valence-electron chi connectivity index (χ2n) is 6.20. The number of hydrogen-bond acceptors (Lipinski definition) is 5. The second kappa shape index (κ2) is 9.35. The lowest BCUT2D eigenvalue weighted by atomic mass is 10.2. The molecule has 146 valence electrons. The van der Waals surface area contributed by atoms with Gasteiger partial charge in [-0.2, -0.15) is 0 Å². The maximum atomic E-state index is 6.15. The van der Waals surface area contributed by atoms with Gasteiger partial charge < -0.3 is 9.15 Å². The molecule has 4 aromatic rings. The summed E-state index contributed by atoms with van der Waals surface area (Å²) in [4.78, 5) is 0. The van der Waals surface area contributed by atoms with Crippen molar-refractivity contribution in [2.45, 2.75) is 17.6 Å². The van der Waals surface area contributed by atoms with Gasteiger partial charge in [0.15, 0.2) is 0 Å². The van der Waals surface area contributed by atoms with E-state index >= 15 is 0 Å². The van der Waals surface area contributed by atoms with Gasteiger partial charge in [0.25, 0.3) is 5.22 Å². The first kappa shape index (κ1) is 19.8. The van der Waals surface area contributed by atoms with Crippen molar-refractivity contribution in [1.82, 2.24) is 10.2 Å². The zero-order valence-corrected chi connectivity index (χ0v) is 17.5. The van der Waals surface area contributed by atoms with E-state index < -0.39 is 0 Å². The van der Waals surface area contributed by atoms with E-state index in [2.05, 4.69) is 10.2 Å². The molecule has 1 aromatic heterocycles. The van der Waals surface area contributed by atoms with Crippen LogP contribution in [-0.2, 0) is 12.4 Å². The number of hydrogen-bond donors (Lipinski definition) is 0. The number of ether oxygens (including phenoxy) is 1. The highest BCUT2D eigenvalue weighted by Crippen LogP contribution is 2.28. The summed E-state index contributed by atoms with van der Waals surface area (Å²) in [5, 5.41) is 10.2. The van der Waals surface area contributed by atoms with Crippen LogP contribution in [0.5, 0.6) is 5.75 Å². The van der Waals surface area contributed by atoms with Crippen LogP contribution >= 0.6 is 35.0 Å². The molecule has 0 aliphatic carbocycles. The highest BCUT2D eigenvalue weighted by atomic mass is 35.5. The van der Waals surface area contributed by atoms with Gasteiger partial charge in [0.2, 0.25) is 5.89 Å². The summed E-state index contributed by atoms with van der Waals surface area (Å²) in [6, 6.07) is 22.8. The van der Waals surface area contributed by atoms with Gasteiger partial charge in [-0.25, -0.2) is 0 Å². The minimum Gasteiger partial charge on any atom is -0.489 e. The number of benzene rings is 3. The summed E-state index contributed by atoms with van der Waals surface area (Å²) >= 11 is 13.6. The van der Waals surface area contributed by atoms with Gasteiger partial charge in [0, 0.05) is 26.9 Å². The molecule has 0 saturated carbocycles. The Hall–Kier alpha value is -2.47. The fraction of sp³-hybridized carbons (Fsp3) is 0.0909. The topological polar surface area (TPSA) is 48.2 Å². The molecule has 4 rings (SSSR count). The van der Waals surface area contributed by atoms with Crippen LogP contribution in [0.3, 0.4) is 0 Å². The largest absolute Gasteiger partial charge is 0.489 e. The molecule has 29 heavy (non-hydrogen) atoms. The van der Waals surface area contributed by atoms with Gasteiger partial charge in [-0.15, -0.1) is 10.2 Å².